The van der Waals surface area contributed by atoms with Crippen LogP contribution in [-0.4, -0.2) is 100 Å². The Labute approximate surface area is 434 Å². The zero-order valence-corrected chi connectivity index (χ0v) is 45.4. The number of aliphatic hydroxyl groups excluding tert-OH is 5. The Morgan fingerprint density at radius 3 is 1.44 bits per heavy atom. The van der Waals surface area contributed by atoms with Crippen LogP contribution in [0.1, 0.15) is 258 Å². The molecule has 1 saturated heterocycles. The van der Waals surface area contributed by atoms with Crippen molar-refractivity contribution in [2.45, 2.75) is 301 Å². The number of esters is 1. The highest BCUT2D eigenvalue weighted by molar-refractivity contribution is 5.76. The number of hydrogen-bond acceptors (Lipinski definition) is 10. The van der Waals surface area contributed by atoms with E-state index in [1.165, 1.54) is 128 Å². The van der Waals surface area contributed by atoms with Gasteiger partial charge in [-0.1, -0.05) is 204 Å². The fourth-order valence-electron chi connectivity index (χ4n) is 8.95. The summed E-state index contributed by atoms with van der Waals surface area (Å²) in [6, 6.07) is -0.826. The van der Waals surface area contributed by atoms with Crippen LogP contribution in [-0.2, 0) is 23.8 Å². The molecule has 0 aromatic heterocycles. The molecule has 0 aromatic carbocycles. The number of allylic oxidation sites excluding steroid dienone is 7. The minimum absolute atomic E-state index is 0.0421. The van der Waals surface area contributed by atoms with Crippen molar-refractivity contribution in [3.8, 4) is 0 Å². The molecule has 0 aromatic rings. The maximum absolute atomic E-state index is 13.0. The number of unbranched alkanes of at least 4 members (excludes halogenated alkanes) is 31. The van der Waals surface area contributed by atoms with Gasteiger partial charge in [-0.2, -0.15) is 0 Å². The number of carbonyl (C=O) groups excluding carboxylic acids is 2. The van der Waals surface area contributed by atoms with Gasteiger partial charge in [0.25, 0.3) is 0 Å². The van der Waals surface area contributed by atoms with Crippen LogP contribution in [0.4, 0.5) is 0 Å². The van der Waals surface area contributed by atoms with E-state index in [0.29, 0.717) is 19.4 Å². The van der Waals surface area contributed by atoms with Gasteiger partial charge in [-0.3, -0.25) is 9.59 Å². The number of hydrogen-bond donors (Lipinski definition) is 6. The molecule has 1 amide bonds. The van der Waals surface area contributed by atoms with E-state index in [1.807, 2.05) is 6.08 Å². The van der Waals surface area contributed by atoms with Crippen LogP contribution in [0.5, 0.6) is 0 Å². The second-order valence-electron chi connectivity index (χ2n) is 20.4. The van der Waals surface area contributed by atoms with Crippen molar-refractivity contribution in [3.63, 3.8) is 0 Å². The second kappa shape index (κ2) is 49.8. The van der Waals surface area contributed by atoms with Gasteiger partial charge in [0.15, 0.2) is 6.29 Å². The lowest BCUT2D eigenvalue weighted by atomic mass is 9.99. The van der Waals surface area contributed by atoms with Crippen LogP contribution < -0.4 is 5.32 Å². The van der Waals surface area contributed by atoms with Crippen LogP contribution in [0.15, 0.2) is 48.6 Å². The molecular formula is C60H109NO10. The molecule has 1 fully saturated rings. The van der Waals surface area contributed by atoms with Crippen molar-refractivity contribution < 1.29 is 49.3 Å². The molecule has 0 saturated carbocycles. The predicted octanol–water partition coefficient (Wildman–Crippen LogP) is 13.3. The summed E-state index contributed by atoms with van der Waals surface area (Å²) < 4.78 is 16.6. The molecule has 0 bridgehead atoms. The number of carbonyl (C=O) groups is 2. The zero-order chi connectivity index (χ0) is 51.7. The van der Waals surface area contributed by atoms with Gasteiger partial charge in [-0.25, -0.2) is 0 Å². The van der Waals surface area contributed by atoms with Gasteiger partial charge in [-0.15, -0.1) is 0 Å². The average molecular weight is 1000 g/mol. The highest BCUT2D eigenvalue weighted by Gasteiger charge is 2.44. The lowest BCUT2D eigenvalue weighted by molar-refractivity contribution is -0.302. The summed E-state index contributed by atoms with van der Waals surface area (Å²) in [6.07, 6.45) is 52.2. The summed E-state index contributed by atoms with van der Waals surface area (Å²) in [7, 11) is 0. The fraction of sp³-hybridized carbons (Fsp3) is 0.833. The Kier molecular flexibility index (Phi) is 46.7. The van der Waals surface area contributed by atoms with Crippen molar-refractivity contribution in [1.82, 2.24) is 5.32 Å². The minimum atomic E-state index is -1.58. The molecule has 11 heteroatoms. The lowest BCUT2D eigenvalue weighted by Crippen LogP contribution is -2.60. The fourth-order valence-corrected chi connectivity index (χ4v) is 8.95. The molecule has 414 valence electrons. The smallest absolute Gasteiger partial charge is 0.305 e. The first-order valence-electron chi connectivity index (χ1n) is 29.4. The third kappa shape index (κ3) is 39.7. The standard InChI is InChI=1S/C60H109NO10/c1-3-5-7-9-11-13-14-15-16-17-18-19-22-25-28-32-36-40-44-48-56(65)69-49-45-41-37-33-29-26-23-20-21-24-27-31-35-39-43-47-55(64)61-52(53(63)46-42-38-34-30-12-10-8-6-4-2)51-70-60-59(68)58(67)57(66)54(50-62)71-60/h15-16,20,23,26,29,42,46,52-54,57-60,62-63,66-68H,3-14,17-19,21-22,24-25,27-28,30-41,43-45,47-51H2,1-2H3,(H,61,64)/b16-15-,23-20-,29-26-,46-42+. The predicted molar refractivity (Wildman–Crippen MR) is 292 cm³/mol. The first-order valence-corrected chi connectivity index (χ1v) is 29.4. The normalized spacial score (nSPS) is 19.5. The minimum Gasteiger partial charge on any atom is -0.466 e. The van der Waals surface area contributed by atoms with Crippen molar-refractivity contribution in [1.29, 1.82) is 0 Å². The van der Waals surface area contributed by atoms with Crippen LogP contribution >= 0.6 is 0 Å². The van der Waals surface area contributed by atoms with E-state index in [4.69, 9.17) is 14.2 Å². The number of aliphatic hydroxyl groups is 5. The first kappa shape index (κ1) is 66.6. The second-order valence-corrected chi connectivity index (χ2v) is 20.4. The highest BCUT2D eigenvalue weighted by Crippen LogP contribution is 2.23. The molecule has 1 heterocycles. The van der Waals surface area contributed by atoms with E-state index < -0.39 is 49.5 Å². The highest BCUT2D eigenvalue weighted by atomic mass is 16.7. The third-order valence-electron chi connectivity index (χ3n) is 13.7. The Bertz CT molecular complexity index is 1320. The van der Waals surface area contributed by atoms with E-state index in [-0.39, 0.29) is 18.5 Å². The van der Waals surface area contributed by atoms with E-state index >= 15 is 0 Å². The summed E-state index contributed by atoms with van der Waals surface area (Å²) >= 11 is 0. The van der Waals surface area contributed by atoms with Crippen molar-refractivity contribution in [2.75, 3.05) is 19.8 Å². The molecule has 7 unspecified atom stereocenters. The molecule has 7 atom stereocenters. The van der Waals surface area contributed by atoms with Gasteiger partial charge in [0, 0.05) is 12.8 Å². The molecule has 71 heavy (non-hydrogen) atoms. The summed E-state index contributed by atoms with van der Waals surface area (Å²) in [5.74, 6) is -0.249. The van der Waals surface area contributed by atoms with E-state index in [0.717, 1.165) is 103 Å². The van der Waals surface area contributed by atoms with Crippen LogP contribution in [0.3, 0.4) is 0 Å². The van der Waals surface area contributed by atoms with E-state index in [9.17, 15) is 35.1 Å². The molecule has 11 nitrogen and oxygen atoms in total. The number of ether oxygens (including phenoxy) is 3. The monoisotopic (exact) mass is 1000 g/mol. The molecular weight excluding hydrogens is 895 g/mol. The Morgan fingerprint density at radius 1 is 0.521 bits per heavy atom. The maximum Gasteiger partial charge on any atom is 0.305 e. The van der Waals surface area contributed by atoms with Crippen LogP contribution in [0.2, 0.25) is 0 Å². The van der Waals surface area contributed by atoms with Crippen molar-refractivity contribution in [2.24, 2.45) is 0 Å². The lowest BCUT2D eigenvalue weighted by Gasteiger charge is -2.40. The molecule has 0 spiro atoms. The molecule has 0 radical (unpaired) electrons. The third-order valence-corrected chi connectivity index (χ3v) is 13.7. The molecule has 6 N–H and O–H groups in total. The Balaban J connectivity index is 2.07. The largest absolute Gasteiger partial charge is 0.466 e. The topological polar surface area (TPSA) is 175 Å². The number of nitrogens with one attached hydrogen (secondary N) is 1. The van der Waals surface area contributed by atoms with Gasteiger partial charge in [0.05, 0.1) is 32.0 Å². The average Bonchev–Trinajstić information content (AvgIpc) is 3.37. The Morgan fingerprint density at radius 2 is 0.944 bits per heavy atom. The van der Waals surface area contributed by atoms with E-state index in [2.05, 4.69) is 55.6 Å². The van der Waals surface area contributed by atoms with Gasteiger partial charge in [0.2, 0.25) is 5.91 Å². The molecule has 1 aliphatic heterocycles. The maximum atomic E-state index is 13.0. The van der Waals surface area contributed by atoms with Gasteiger partial charge < -0.3 is 45.1 Å². The number of rotatable bonds is 50. The number of amides is 1. The Hall–Kier alpha value is -2.38. The van der Waals surface area contributed by atoms with Crippen LogP contribution in [0.25, 0.3) is 0 Å². The first-order chi connectivity index (χ1) is 34.7. The summed E-state index contributed by atoms with van der Waals surface area (Å²) in [5, 5.41) is 54.1. The van der Waals surface area contributed by atoms with Gasteiger partial charge in [-0.05, 0) is 89.9 Å². The quantitative estimate of drug-likeness (QED) is 0.0149. The van der Waals surface area contributed by atoms with Gasteiger partial charge in [0.1, 0.15) is 24.4 Å². The summed E-state index contributed by atoms with van der Waals surface area (Å²) in [6.45, 7) is 4.23. The van der Waals surface area contributed by atoms with Crippen molar-refractivity contribution in [3.05, 3.63) is 48.6 Å². The molecule has 0 aliphatic carbocycles. The molecule has 1 aliphatic rings. The van der Waals surface area contributed by atoms with Crippen LogP contribution in [0, 0.1) is 0 Å². The zero-order valence-electron chi connectivity index (χ0n) is 45.4. The van der Waals surface area contributed by atoms with Crippen molar-refractivity contribution >= 4 is 11.9 Å². The van der Waals surface area contributed by atoms with Gasteiger partial charge >= 0.3 is 5.97 Å². The van der Waals surface area contributed by atoms with E-state index in [1.54, 1.807) is 6.08 Å². The summed E-state index contributed by atoms with van der Waals surface area (Å²) in [5.41, 5.74) is 0. The SMILES string of the molecule is CCCCCCCC/C=C\CCCCCCCCCCCC(=O)OCCCCC/C=C\C=C/CCCCCCCCC(=O)NC(COC1OC(CO)C(O)C(O)C1O)C(O)/C=C/CCCCCCCCC. The molecule has 1 rings (SSSR count). The summed E-state index contributed by atoms with van der Waals surface area (Å²) in [4.78, 5) is 25.1.